The largest absolute Gasteiger partial charge is 0.361 e. The van der Waals surface area contributed by atoms with Gasteiger partial charge in [0.05, 0.1) is 16.6 Å². The second kappa shape index (κ2) is 7.33. The molecule has 0 aliphatic carbocycles. The van der Waals surface area contributed by atoms with Gasteiger partial charge in [-0.25, -0.2) is 0 Å². The van der Waals surface area contributed by atoms with Gasteiger partial charge in [-0.3, -0.25) is 10.1 Å². The summed E-state index contributed by atoms with van der Waals surface area (Å²) in [4.78, 5) is 16.6. The summed E-state index contributed by atoms with van der Waals surface area (Å²) < 4.78 is 0. The number of anilines is 2. The van der Waals surface area contributed by atoms with Crippen LogP contribution in [0.1, 0.15) is 24.0 Å². The number of nitrogens with zero attached hydrogens (tertiary/aromatic N) is 3. The van der Waals surface area contributed by atoms with Crippen molar-refractivity contribution in [3.05, 3.63) is 63.8 Å². The second-order valence-electron chi connectivity index (χ2n) is 7.28. The Bertz CT molecular complexity index is 1080. The Balaban J connectivity index is 1.64. The Morgan fingerprint density at radius 2 is 2.21 bits per heavy atom. The lowest BCUT2D eigenvalue weighted by molar-refractivity contribution is -0.383. The fraction of sp³-hybridized carbons (Fsp3) is 0.286. The standard InChI is InChI=1S/C21H21N5O2/c1-25-8-2-3-17(25)10-15-13-23-19-7-5-16(11-18(15)19)24-20-6-4-14(12-22)9-21(20)26(27)28/h4-7,9,11,13,17,23-24H,2-3,8,10H2,1H3. The van der Waals surface area contributed by atoms with Crippen molar-refractivity contribution in [1.29, 1.82) is 5.26 Å². The second-order valence-corrected chi connectivity index (χ2v) is 7.28. The highest BCUT2D eigenvalue weighted by molar-refractivity contribution is 5.88. The lowest BCUT2D eigenvalue weighted by Crippen LogP contribution is -2.26. The molecule has 142 valence electrons. The zero-order chi connectivity index (χ0) is 19.7. The number of benzene rings is 2. The van der Waals surface area contributed by atoms with Gasteiger partial charge in [-0.2, -0.15) is 5.26 Å². The molecule has 2 heterocycles. The number of nitro groups is 1. The third-order valence-electron chi connectivity index (χ3n) is 5.50. The summed E-state index contributed by atoms with van der Waals surface area (Å²) in [5.74, 6) is 0. The maximum absolute atomic E-state index is 11.4. The molecule has 2 aromatic carbocycles. The van der Waals surface area contributed by atoms with Gasteiger partial charge in [-0.05, 0) is 68.8 Å². The van der Waals surface area contributed by atoms with E-state index in [0.29, 0.717) is 11.7 Å². The molecular formula is C21H21N5O2. The third kappa shape index (κ3) is 3.42. The van der Waals surface area contributed by atoms with E-state index in [-0.39, 0.29) is 11.3 Å². The van der Waals surface area contributed by atoms with Crippen molar-refractivity contribution in [2.75, 3.05) is 18.9 Å². The molecular weight excluding hydrogens is 354 g/mol. The van der Waals surface area contributed by atoms with Gasteiger partial charge in [0.2, 0.25) is 0 Å². The number of nitrogens with one attached hydrogen (secondary N) is 2. The summed E-state index contributed by atoms with van der Waals surface area (Å²) in [6.45, 7) is 1.14. The quantitative estimate of drug-likeness (QED) is 0.511. The average Bonchev–Trinajstić information content (AvgIpc) is 3.28. The highest BCUT2D eigenvalue weighted by atomic mass is 16.6. The van der Waals surface area contributed by atoms with E-state index < -0.39 is 4.92 Å². The molecule has 0 bridgehead atoms. The van der Waals surface area contributed by atoms with Crippen molar-refractivity contribution in [2.24, 2.45) is 0 Å². The van der Waals surface area contributed by atoms with Crippen LogP contribution in [0.15, 0.2) is 42.6 Å². The predicted octanol–water partition coefficient (Wildman–Crippen LogP) is 4.33. The molecule has 0 saturated carbocycles. The molecule has 0 spiro atoms. The highest BCUT2D eigenvalue weighted by Gasteiger charge is 2.22. The summed E-state index contributed by atoms with van der Waals surface area (Å²) in [6.07, 6.45) is 5.49. The molecule has 0 radical (unpaired) electrons. The van der Waals surface area contributed by atoms with Gasteiger partial charge < -0.3 is 15.2 Å². The minimum atomic E-state index is -0.473. The molecule has 4 rings (SSSR count). The number of hydrogen-bond donors (Lipinski definition) is 2. The van der Waals surface area contributed by atoms with Crippen LogP contribution >= 0.6 is 0 Å². The molecule has 1 fully saturated rings. The topological polar surface area (TPSA) is 98.0 Å². The Labute approximate surface area is 162 Å². The molecule has 0 amide bonds. The van der Waals surface area contributed by atoms with Gasteiger partial charge in [0, 0.05) is 34.9 Å². The molecule has 7 nitrogen and oxygen atoms in total. The Kier molecular flexibility index (Phi) is 4.72. The van der Waals surface area contributed by atoms with E-state index >= 15 is 0 Å². The Morgan fingerprint density at radius 1 is 1.36 bits per heavy atom. The number of likely N-dealkylation sites (N-methyl/N-ethyl adjacent to an activating group) is 1. The van der Waals surface area contributed by atoms with Gasteiger partial charge in [0.1, 0.15) is 5.69 Å². The molecule has 1 aromatic heterocycles. The van der Waals surface area contributed by atoms with Crippen LogP contribution in [0.5, 0.6) is 0 Å². The first-order valence-electron chi connectivity index (χ1n) is 9.31. The van der Waals surface area contributed by atoms with Gasteiger partial charge in [-0.15, -0.1) is 0 Å². The lowest BCUT2D eigenvalue weighted by atomic mass is 10.0. The number of aromatic amines is 1. The summed E-state index contributed by atoms with van der Waals surface area (Å²) in [5, 5.41) is 24.6. The number of fused-ring (bicyclic) bond motifs is 1. The minimum Gasteiger partial charge on any atom is -0.361 e. The van der Waals surface area contributed by atoms with Crippen molar-refractivity contribution in [1.82, 2.24) is 9.88 Å². The van der Waals surface area contributed by atoms with Crippen LogP contribution in [0.25, 0.3) is 10.9 Å². The minimum absolute atomic E-state index is 0.110. The third-order valence-corrected chi connectivity index (χ3v) is 5.50. The smallest absolute Gasteiger partial charge is 0.293 e. The molecule has 1 aliphatic rings. The summed E-state index contributed by atoms with van der Waals surface area (Å²) >= 11 is 0. The van der Waals surface area contributed by atoms with E-state index in [0.717, 1.165) is 29.6 Å². The average molecular weight is 375 g/mol. The van der Waals surface area contributed by atoms with Gasteiger partial charge in [0.25, 0.3) is 5.69 Å². The summed E-state index contributed by atoms with van der Waals surface area (Å²) in [7, 11) is 2.17. The summed E-state index contributed by atoms with van der Waals surface area (Å²) in [5.41, 5.74) is 3.61. The van der Waals surface area contributed by atoms with E-state index in [4.69, 9.17) is 5.26 Å². The van der Waals surface area contributed by atoms with Gasteiger partial charge in [-0.1, -0.05) is 0 Å². The fourth-order valence-electron chi connectivity index (χ4n) is 3.93. The van der Waals surface area contributed by atoms with Crippen molar-refractivity contribution in [2.45, 2.75) is 25.3 Å². The highest BCUT2D eigenvalue weighted by Crippen LogP contribution is 2.31. The van der Waals surface area contributed by atoms with Crippen LogP contribution in [-0.2, 0) is 6.42 Å². The first-order chi connectivity index (χ1) is 13.5. The molecule has 3 aromatic rings. The lowest BCUT2D eigenvalue weighted by Gasteiger charge is -2.18. The monoisotopic (exact) mass is 375 g/mol. The van der Waals surface area contributed by atoms with Crippen molar-refractivity contribution in [3.63, 3.8) is 0 Å². The van der Waals surface area contributed by atoms with E-state index in [1.807, 2.05) is 24.3 Å². The zero-order valence-electron chi connectivity index (χ0n) is 15.6. The van der Waals surface area contributed by atoms with Crippen molar-refractivity contribution < 1.29 is 4.92 Å². The maximum Gasteiger partial charge on any atom is 0.293 e. The summed E-state index contributed by atoms with van der Waals surface area (Å²) in [6, 6.07) is 12.8. The molecule has 28 heavy (non-hydrogen) atoms. The number of H-pyrrole nitrogens is 1. The van der Waals surface area contributed by atoms with Crippen LogP contribution in [0, 0.1) is 21.4 Å². The van der Waals surface area contributed by atoms with Crippen LogP contribution in [0.3, 0.4) is 0 Å². The molecule has 2 N–H and O–H groups in total. The fourth-order valence-corrected chi connectivity index (χ4v) is 3.93. The number of nitriles is 1. The van der Waals surface area contributed by atoms with E-state index in [1.54, 1.807) is 12.1 Å². The number of likely N-dealkylation sites (tertiary alicyclic amines) is 1. The molecule has 1 unspecified atom stereocenters. The zero-order valence-corrected chi connectivity index (χ0v) is 15.6. The number of aromatic nitrogens is 1. The molecule has 1 aliphatic heterocycles. The van der Waals surface area contributed by atoms with Crippen LogP contribution in [0.2, 0.25) is 0 Å². The van der Waals surface area contributed by atoms with Crippen LogP contribution in [0.4, 0.5) is 17.1 Å². The van der Waals surface area contributed by atoms with Crippen LogP contribution < -0.4 is 5.32 Å². The number of nitro benzene ring substituents is 1. The predicted molar refractivity (Wildman–Crippen MR) is 109 cm³/mol. The number of hydrogen-bond acceptors (Lipinski definition) is 5. The van der Waals surface area contributed by atoms with E-state index in [1.165, 1.54) is 24.5 Å². The Hall–Kier alpha value is -3.37. The van der Waals surface area contributed by atoms with Gasteiger partial charge >= 0.3 is 0 Å². The van der Waals surface area contributed by atoms with Gasteiger partial charge in [0.15, 0.2) is 0 Å². The van der Waals surface area contributed by atoms with Crippen LogP contribution in [-0.4, -0.2) is 34.4 Å². The molecule has 1 saturated heterocycles. The first kappa shape index (κ1) is 18.0. The van der Waals surface area contributed by atoms with Crippen molar-refractivity contribution in [3.8, 4) is 6.07 Å². The van der Waals surface area contributed by atoms with E-state index in [2.05, 4.69) is 28.4 Å². The first-order valence-corrected chi connectivity index (χ1v) is 9.31. The Morgan fingerprint density at radius 3 is 2.93 bits per heavy atom. The SMILES string of the molecule is CN1CCCC1Cc1c[nH]c2ccc(Nc3ccc(C#N)cc3[N+](=O)[O-])cc12. The maximum atomic E-state index is 11.4. The van der Waals surface area contributed by atoms with E-state index in [9.17, 15) is 10.1 Å². The molecule has 7 heteroatoms. The normalized spacial score (nSPS) is 16.9. The number of rotatable bonds is 5. The molecule has 1 atom stereocenters. The van der Waals surface area contributed by atoms with Crippen molar-refractivity contribution >= 4 is 28.0 Å².